The minimum Gasteiger partial charge on any atom is -0.492 e. The monoisotopic (exact) mass is 278 g/mol. The van der Waals surface area contributed by atoms with E-state index < -0.39 is 0 Å². The zero-order valence-corrected chi connectivity index (χ0v) is 11.7. The molecule has 16 heavy (non-hydrogen) atoms. The van der Waals surface area contributed by atoms with Crippen LogP contribution in [0.3, 0.4) is 0 Å². The summed E-state index contributed by atoms with van der Waals surface area (Å²) >= 11 is 16.1. The van der Waals surface area contributed by atoms with Crippen LogP contribution in [0, 0.1) is 5.92 Å². The van der Waals surface area contributed by atoms with Crippen molar-refractivity contribution in [2.24, 2.45) is 5.92 Å². The third-order valence-electron chi connectivity index (χ3n) is 2.41. The van der Waals surface area contributed by atoms with Crippen molar-refractivity contribution >= 4 is 35.8 Å². The van der Waals surface area contributed by atoms with Gasteiger partial charge in [-0.05, 0) is 36.6 Å². The molecule has 0 N–H and O–H groups in total. The Bertz CT molecular complexity index is 331. The molecule has 0 radical (unpaired) electrons. The van der Waals surface area contributed by atoms with Gasteiger partial charge in [-0.15, -0.1) is 0 Å². The molecule has 0 aromatic heterocycles. The van der Waals surface area contributed by atoms with Crippen LogP contribution in [-0.4, -0.2) is 12.4 Å². The van der Waals surface area contributed by atoms with Crippen molar-refractivity contribution < 1.29 is 4.74 Å². The first-order valence-corrected chi connectivity index (χ1v) is 6.71. The number of thiol groups is 1. The van der Waals surface area contributed by atoms with Gasteiger partial charge in [0.1, 0.15) is 10.8 Å². The summed E-state index contributed by atoms with van der Waals surface area (Å²) in [5.74, 6) is 2.20. The van der Waals surface area contributed by atoms with Crippen LogP contribution in [0.15, 0.2) is 18.2 Å². The van der Waals surface area contributed by atoms with Gasteiger partial charge < -0.3 is 4.74 Å². The van der Waals surface area contributed by atoms with E-state index in [0.29, 0.717) is 28.3 Å². The summed E-state index contributed by atoms with van der Waals surface area (Å²) in [6.45, 7) is 2.86. The Morgan fingerprint density at radius 2 is 2.06 bits per heavy atom. The molecule has 1 atom stereocenters. The van der Waals surface area contributed by atoms with Crippen LogP contribution in [0.25, 0.3) is 0 Å². The molecule has 0 saturated carbocycles. The van der Waals surface area contributed by atoms with Gasteiger partial charge in [0.05, 0.1) is 11.6 Å². The summed E-state index contributed by atoms with van der Waals surface area (Å²) in [7, 11) is 0. The summed E-state index contributed by atoms with van der Waals surface area (Å²) in [4.78, 5) is 0. The molecule has 0 amide bonds. The maximum Gasteiger partial charge on any atom is 0.139 e. The van der Waals surface area contributed by atoms with Crippen molar-refractivity contribution in [2.75, 3.05) is 12.4 Å². The topological polar surface area (TPSA) is 9.23 Å². The highest BCUT2D eigenvalue weighted by molar-refractivity contribution is 7.80. The van der Waals surface area contributed by atoms with Crippen LogP contribution < -0.4 is 4.74 Å². The van der Waals surface area contributed by atoms with Crippen molar-refractivity contribution in [2.45, 2.75) is 19.8 Å². The van der Waals surface area contributed by atoms with Crippen molar-refractivity contribution in [3.63, 3.8) is 0 Å². The van der Waals surface area contributed by atoms with Gasteiger partial charge in [0.2, 0.25) is 0 Å². The van der Waals surface area contributed by atoms with Gasteiger partial charge in [-0.25, -0.2) is 0 Å². The number of hydrogen-bond donors (Lipinski definition) is 1. The average Bonchev–Trinajstić information content (AvgIpc) is 2.25. The Morgan fingerprint density at radius 3 is 2.75 bits per heavy atom. The molecule has 1 aromatic rings. The largest absolute Gasteiger partial charge is 0.492 e. The Labute approximate surface area is 112 Å². The fourth-order valence-electron chi connectivity index (χ4n) is 1.33. The van der Waals surface area contributed by atoms with Crippen molar-refractivity contribution in [3.8, 4) is 5.75 Å². The number of benzene rings is 1. The highest BCUT2D eigenvalue weighted by Crippen LogP contribution is 2.31. The molecular weight excluding hydrogens is 263 g/mol. The predicted molar refractivity (Wildman–Crippen MR) is 74.2 cm³/mol. The van der Waals surface area contributed by atoms with Gasteiger partial charge in [0.15, 0.2) is 0 Å². The Hall–Kier alpha value is -0.0500. The smallest absolute Gasteiger partial charge is 0.139 e. The second-order valence-electron chi connectivity index (χ2n) is 3.81. The maximum atomic E-state index is 6.00. The molecular formula is C12H16Cl2OS. The molecule has 90 valence electrons. The quantitative estimate of drug-likeness (QED) is 0.741. The maximum absolute atomic E-state index is 6.00. The lowest BCUT2D eigenvalue weighted by Crippen LogP contribution is -2.05. The minimum absolute atomic E-state index is 0.492. The highest BCUT2D eigenvalue weighted by Gasteiger charge is 2.06. The molecule has 1 aromatic carbocycles. The van der Waals surface area contributed by atoms with Crippen molar-refractivity contribution in [3.05, 3.63) is 28.2 Å². The zero-order chi connectivity index (χ0) is 12.0. The van der Waals surface area contributed by atoms with Crippen molar-refractivity contribution in [1.82, 2.24) is 0 Å². The predicted octanol–water partition coefficient (Wildman–Crippen LogP) is 4.72. The number of ether oxygens (including phenoxy) is 1. The summed E-state index contributed by atoms with van der Waals surface area (Å²) in [5.41, 5.74) is 0. The molecule has 0 heterocycles. The number of halogens is 2. The lowest BCUT2D eigenvalue weighted by Gasteiger charge is -2.12. The third kappa shape index (κ3) is 4.44. The van der Waals surface area contributed by atoms with E-state index >= 15 is 0 Å². The van der Waals surface area contributed by atoms with E-state index in [-0.39, 0.29) is 0 Å². The van der Waals surface area contributed by atoms with Crippen LogP contribution in [0.1, 0.15) is 19.8 Å². The molecule has 0 spiro atoms. The molecule has 1 rings (SSSR count). The first-order valence-electron chi connectivity index (χ1n) is 5.32. The van der Waals surface area contributed by atoms with E-state index in [4.69, 9.17) is 27.9 Å². The van der Waals surface area contributed by atoms with Crippen molar-refractivity contribution in [1.29, 1.82) is 0 Å². The Balaban J connectivity index is 2.40. The van der Waals surface area contributed by atoms with E-state index in [0.717, 1.165) is 18.6 Å². The molecule has 0 aliphatic heterocycles. The lowest BCUT2D eigenvalue weighted by molar-refractivity contribution is 0.282. The molecule has 0 fully saturated rings. The Morgan fingerprint density at radius 1 is 1.31 bits per heavy atom. The molecule has 0 bridgehead atoms. The summed E-state index contributed by atoms with van der Waals surface area (Å²) < 4.78 is 5.59. The Kier molecular flexibility index (Phi) is 6.40. The van der Waals surface area contributed by atoms with Gasteiger partial charge in [0.25, 0.3) is 0 Å². The van der Waals surface area contributed by atoms with E-state index in [1.165, 1.54) is 0 Å². The second-order valence-corrected chi connectivity index (χ2v) is 5.04. The van der Waals surface area contributed by atoms with Gasteiger partial charge in [0, 0.05) is 0 Å². The standard InChI is InChI=1S/C12H16Cl2OS/c1-9(6-8-16)5-7-15-11-4-2-3-10(13)12(11)14/h2-4,9,16H,5-8H2,1H3. The normalized spacial score (nSPS) is 12.5. The minimum atomic E-state index is 0.492. The molecule has 0 aliphatic rings. The van der Waals surface area contributed by atoms with E-state index in [9.17, 15) is 0 Å². The summed E-state index contributed by atoms with van der Waals surface area (Å²) in [6.07, 6.45) is 2.11. The third-order valence-corrected chi connectivity index (χ3v) is 3.47. The fraction of sp³-hybridized carbons (Fsp3) is 0.500. The number of hydrogen-bond acceptors (Lipinski definition) is 2. The van der Waals surface area contributed by atoms with Crippen LogP contribution in [0.5, 0.6) is 5.75 Å². The lowest BCUT2D eigenvalue weighted by atomic mass is 10.1. The van der Waals surface area contributed by atoms with Gasteiger partial charge in [-0.1, -0.05) is 36.2 Å². The average molecular weight is 279 g/mol. The van der Waals surface area contributed by atoms with Gasteiger partial charge >= 0.3 is 0 Å². The van der Waals surface area contributed by atoms with E-state index in [1.54, 1.807) is 6.07 Å². The molecule has 0 saturated heterocycles. The summed E-state index contributed by atoms with van der Waals surface area (Å²) in [6, 6.07) is 5.42. The molecule has 1 unspecified atom stereocenters. The van der Waals surface area contributed by atoms with Gasteiger partial charge in [-0.2, -0.15) is 12.6 Å². The van der Waals surface area contributed by atoms with Gasteiger partial charge in [-0.3, -0.25) is 0 Å². The first kappa shape index (κ1) is 14.0. The number of rotatable bonds is 6. The SMILES string of the molecule is CC(CCS)CCOc1cccc(Cl)c1Cl. The fourth-order valence-corrected chi connectivity index (χ4v) is 2.12. The second kappa shape index (κ2) is 7.31. The molecule has 1 nitrogen and oxygen atoms in total. The molecule has 0 aliphatic carbocycles. The van der Waals surface area contributed by atoms with Crippen LogP contribution in [0.4, 0.5) is 0 Å². The van der Waals surface area contributed by atoms with Crippen LogP contribution in [-0.2, 0) is 0 Å². The van der Waals surface area contributed by atoms with Crippen LogP contribution in [0.2, 0.25) is 10.0 Å². The zero-order valence-electron chi connectivity index (χ0n) is 9.25. The van der Waals surface area contributed by atoms with E-state index in [1.807, 2.05) is 12.1 Å². The van der Waals surface area contributed by atoms with E-state index in [2.05, 4.69) is 19.6 Å². The molecule has 4 heteroatoms. The highest BCUT2D eigenvalue weighted by atomic mass is 35.5. The van der Waals surface area contributed by atoms with Crippen LogP contribution >= 0.6 is 35.8 Å². The first-order chi connectivity index (χ1) is 7.65. The summed E-state index contributed by atoms with van der Waals surface area (Å²) in [5, 5.41) is 1.02.